The summed E-state index contributed by atoms with van der Waals surface area (Å²) in [5.74, 6) is -1.15. The number of carbonyl (C=O) groups is 3. The van der Waals surface area contributed by atoms with Crippen molar-refractivity contribution in [2.24, 2.45) is 0 Å². The Morgan fingerprint density at radius 1 is 0.766 bits per heavy atom. The van der Waals surface area contributed by atoms with Crippen LogP contribution in [0.3, 0.4) is 0 Å². The van der Waals surface area contributed by atoms with Crippen LogP contribution in [0.25, 0.3) is 17.2 Å². The highest BCUT2D eigenvalue weighted by Gasteiger charge is 2.16. The minimum Gasteiger partial charge on any atom is -0.325 e. The van der Waals surface area contributed by atoms with Gasteiger partial charge in [0.1, 0.15) is 5.70 Å². The third-order valence-electron chi connectivity index (χ3n) is 7.01. The van der Waals surface area contributed by atoms with Gasteiger partial charge in [0.25, 0.3) is 17.5 Å². The molecule has 0 spiro atoms. The smallest absolute Gasteiger partial charge is 0.272 e. The maximum atomic E-state index is 13.5. The van der Waals surface area contributed by atoms with E-state index in [1.54, 1.807) is 61.5 Å². The highest BCUT2D eigenvalue weighted by molar-refractivity contribution is 8.00. The van der Waals surface area contributed by atoms with Crippen LogP contribution in [-0.4, -0.2) is 28.4 Å². The van der Waals surface area contributed by atoms with E-state index < -0.39 is 16.7 Å². The molecule has 5 aromatic rings. The number of amides is 3. The predicted molar refractivity (Wildman–Crippen MR) is 186 cm³/mol. The minimum atomic E-state index is -0.519. The second-order valence-electron chi connectivity index (χ2n) is 10.4. The van der Waals surface area contributed by atoms with Crippen LogP contribution in [0.15, 0.2) is 138 Å². The van der Waals surface area contributed by atoms with Crippen molar-refractivity contribution < 1.29 is 19.3 Å². The van der Waals surface area contributed by atoms with Gasteiger partial charge in [-0.3, -0.25) is 24.5 Å². The third kappa shape index (κ3) is 9.03. The fourth-order valence-electron chi connectivity index (χ4n) is 4.61. The molecular formula is C37H30N4O5S. The van der Waals surface area contributed by atoms with Crippen molar-refractivity contribution >= 4 is 52.6 Å². The molecule has 0 aliphatic heterocycles. The normalized spacial score (nSPS) is 11.0. The second kappa shape index (κ2) is 15.3. The number of nitro benzene ring substituents is 1. The van der Waals surface area contributed by atoms with Gasteiger partial charge in [-0.2, -0.15) is 0 Å². The Bertz CT molecular complexity index is 1950. The molecule has 10 heteroatoms. The lowest BCUT2D eigenvalue weighted by molar-refractivity contribution is -0.384. The molecule has 0 atom stereocenters. The molecule has 0 heterocycles. The first kappa shape index (κ1) is 32.4. The molecule has 47 heavy (non-hydrogen) atoms. The van der Waals surface area contributed by atoms with Crippen molar-refractivity contribution in [3.05, 3.63) is 160 Å². The Morgan fingerprint density at radius 3 is 2.13 bits per heavy atom. The number of rotatable bonds is 11. The zero-order chi connectivity index (χ0) is 33.2. The van der Waals surface area contributed by atoms with Crippen LogP contribution in [0, 0.1) is 17.0 Å². The van der Waals surface area contributed by atoms with Crippen molar-refractivity contribution in [3.63, 3.8) is 0 Å². The molecule has 0 aliphatic carbocycles. The number of hydrogen-bond donors (Lipinski definition) is 3. The molecule has 0 aromatic heterocycles. The summed E-state index contributed by atoms with van der Waals surface area (Å²) in [4.78, 5) is 50.4. The molecule has 234 valence electrons. The zero-order valence-electron chi connectivity index (χ0n) is 25.3. The van der Waals surface area contributed by atoms with E-state index in [1.807, 2.05) is 60.7 Å². The van der Waals surface area contributed by atoms with E-state index in [0.29, 0.717) is 22.5 Å². The minimum absolute atomic E-state index is 0.0488. The number of anilines is 2. The SMILES string of the molecule is Cc1cc([N+](=O)[O-])ccc1NC(=O)CSc1cccc(NC(=O)/C(=C\c2ccc(-c3ccccc3)cc2)NC(=O)c2ccccc2)c1. The maximum Gasteiger partial charge on any atom is 0.272 e. The fraction of sp³-hybridized carbons (Fsp3) is 0.0541. The van der Waals surface area contributed by atoms with Crippen molar-refractivity contribution in [3.8, 4) is 11.1 Å². The van der Waals surface area contributed by atoms with E-state index in [-0.39, 0.29) is 23.0 Å². The average molecular weight is 643 g/mol. The quantitative estimate of drug-likeness (QED) is 0.0586. The molecule has 5 aromatic carbocycles. The summed E-state index contributed by atoms with van der Waals surface area (Å²) in [6.45, 7) is 1.69. The standard InChI is InChI=1S/C37H30N4O5S/c1-25-21-31(41(45)46)19-20-33(25)39-35(42)24-47-32-14-8-13-30(23-32)38-37(44)34(40-36(43)29-11-6-3-7-12-29)22-26-15-17-28(18-16-26)27-9-4-2-5-10-27/h2-23H,24H2,1H3,(H,38,44)(H,39,42)(H,40,43)/b34-22+. The van der Waals surface area contributed by atoms with Crippen LogP contribution in [0.5, 0.6) is 0 Å². The van der Waals surface area contributed by atoms with E-state index >= 15 is 0 Å². The van der Waals surface area contributed by atoms with Crippen LogP contribution < -0.4 is 16.0 Å². The summed E-state index contributed by atoms with van der Waals surface area (Å²) in [7, 11) is 0. The van der Waals surface area contributed by atoms with Gasteiger partial charge in [0.2, 0.25) is 5.91 Å². The average Bonchev–Trinajstić information content (AvgIpc) is 3.09. The van der Waals surface area contributed by atoms with Crippen molar-refractivity contribution in [2.75, 3.05) is 16.4 Å². The number of aryl methyl sites for hydroxylation is 1. The van der Waals surface area contributed by atoms with Gasteiger partial charge in [0.15, 0.2) is 0 Å². The van der Waals surface area contributed by atoms with Gasteiger partial charge in [0, 0.05) is 34.0 Å². The largest absolute Gasteiger partial charge is 0.325 e. The molecule has 0 aliphatic rings. The summed E-state index contributed by atoms with van der Waals surface area (Å²) >= 11 is 1.27. The summed E-state index contributed by atoms with van der Waals surface area (Å²) in [6.07, 6.45) is 1.62. The zero-order valence-corrected chi connectivity index (χ0v) is 26.1. The molecule has 0 radical (unpaired) electrons. The summed E-state index contributed by atoms with van der Waals surface area (Å²) < 4.78 is 0. The van der Waals surface area contributed by atoms with Crippen molar-refractivity contribution in [1.29, 1.82) is 0 Å². The number of nitrogens with zero attached hydrogens (tertiary/aromatic N) is 1. The van der Waals surface area contributed by atoms with Crippen LogP contribution >= 0.6 is 11.8 Å². The number of hydrogen-bond acceptors (Lipinski definition) is 6. The van der Waals surface area contributed by atoms with Crippen LogP contribution in [-0.2, 0) is 9.59 Å². The Balaban J connectivity index is 1.28. The van der Waals surface area contributed by atoms with Gasteiger partial charge in [-0.05, 0) is 71.7 Å². The van der Waals surface area contributed by atoms with Gasteiger partial charge < -0.3 is 16.0 Å². The maximum absolute atomic E-state index is 13.5. The predicted octanol–water partition coefficient (Wildman–Crippen LogP) is 7.71. The van der Waals surface area contributed by atoms with Gasteiger partial charge >= 0.3 is 0 Å². The van der Waals surface area contributed by atoms with Gasteiger partial charge in [-0.25, -0.2) is 0 Å². The first-order chi connectivity index (χ1) is 22.7. The Labute approximate surface area is 275 Å². The Hall–Kier alpha value is -6.00. The molecule has 0 saturated carbocycles. The summed E-state index contributed by atoms with van der Waals surface area (Å²) in [5, 5.41) is 19.4. The first-order valence-electron chi connectivity index (χ1n) is 14.6. The monoisotopic (exact) mass is 642 g/mol. The molecule has 3 amide bonds. The Kier molecular flexibility index (Phi) is 10.6. The Morgan fingerprint density at radius 2 is 1.45 bits per heavy atom. The molecule has 0 bridgehead atoms. The van der Waals surface area contributed by atoms with E-state index in [1.165, 1.54) is 30.0 Å². The lowest BCUT2D eigenvalue weighted by atomic mass is 10.0. The topological polar surface area (TPSA) is 130 Å². The highest BCUT2D eigenvalue weighted by Crippen LogP contribution is 2.25. The van der Waals surface area contributed by atoms with Gasteiger partial charge in [-0.15, -0.1) is 11.8 Å². The number of carbonyl (C=O) groups excluding carboxylic acids is 3. The molecule has 0 unspecified atom stereocenters. The van der Waals surface area contributed by atoms with Gasteiger partial charge in [-0.1, -0.05) is 78.9 Å². The van der Waals surface area contributed by atoms with Crippen LogP contribution in [0.1, 0.15) is 21.5 Å². The van der Waals surface area contributed by atoms with Crippen molar-refractivity contribution in [2.45, 2.75) is 11.8 Å². The van der Waals surface area contributed by atoms with Crippen LogP contribution in [0.2, 0.25) is 0 Å². The van der Waals surface area contributed by atoms with E-state index in [9.17, 15) is 24.5 Å². The highest BCUT2D eigenvalue weighted by atomic mass is 32.2. The van der Waals surface area contributed by atoms with Crippen molar-refractivity contribution in [1.82, 2.24) is 5.32 Å². The van der Waals surface area contributed by atoms with E-state index in [4.69, 9.17) is 0 Å². The van der Waals surface area contributed by atoms with E-state index in [0.717, 1.165) is 21.6 Å². The number of nitro groups is 1. The molecule has 0 saturated heterocycles. The molecule has 9 nitrogen and oxygen atoms in total. The van der Waals surface area contributed by atoms with Crippen LogP contribution in [0.4, 0.5) is 17.1 Å². The summed E-state index contributed by atoms with van der Waals surface area (Å²) in [6, 6.07) is 37.5. The number of nitrogens with one attached hydrogen (secondary N) is 3. The van der Waals surface area contributed by atoms with E-state index in [2.05, 4.69) is 16.0 Å². The number of thioether (sulfide) groups is 1. The molecule has 5 rings (SSSR count). The molecular weight excluding hydrogens is 612 g/mol. The summed E-state index contributed by atoms with van der Waals surface area (Å²) in [5.41, 5.74) is 4.78. The number of non-ortho nitro benzene ring substituents is 1. The number of benzene rings is 5. The fourth-order valence-corrected chi connectivity index (χ4v) is 5.37. The third-order valence-corrected chi connectivity index (χ3v) is 8.01. The lowest BCUT2D eigenvalue weighted by Crippen LogP contribution is -2.30. The molecule has 0 fully saturated rings. The second-order valence-corrected chi connectivity index (χ2v) is 11.5. The first-order valence-corrected chi connectivity index (χ1v) is 15.6. The van der Waals surface area contributed by atoms with Gasteiger partial charge in [0.05, 0.1) is 10.7 Å². The molecule has 3 N–H and O–H groups in total. The lowest BCUT2D eigenvalue weighted by Gasteiger charge is -2.12.